The molecule has 5 nitrogen and oxygen atoms in total. The molecule has 0 radical (unpaired) electrons. The summed E-state index contributed by atoms with van der Waals surface area (Å²) in [5, 5.41) is 6.53. The number of amides is 1. The Balaban J connectivity index is 1.81. The zero-order valence-electron chi connectivity index (χ0n) is 9.85. The summed E-state index contributed by atoms with van der Waals surface area (Å²) in [6.45, 7) is 0.868. The van der Waals surface area contributed by atoms with Gasteiger partial charge in [-0.1, -0.05) is 12.8 Å². The van der Waals surface area contributed by atoms with Gasteiger partial charge in [-0.15, -0.1) is 0 Å². The summed E-state index contributed by atoms with van der Waals surface area (Å²) in [6.07, 6.45) is 7.61. The van der Waals surface area contributed by atoms with E-state index in [2.05, 4.69) is 10.2 Å². The number of hydrogen-bond acceptors (Lipinski definition) is 3. The molecule has 1 amide bonds. The Morgan fingerprint density at radius 1 is 1.41 bits per heavy atom. The molecule has 92 valence electrons. The van der Waals surface area contributed by atoms with E-state index in [1.165, 1.54) is 25.5 Å². The number of nitrogens with two attached hydrogens (primary N) is 1. The minimum absolute atomic E-state index is 0.0226. The molecule has 1 saturated heterocycles. The van der Waals surface area contributed by atoms with Crippen LogP contribution in [-0.2, 0) is 0 Å². The van der Waals surface area contributed by atoms with Crippen LogP contribution in [0.4, 0.5) is 5.69 Å². The average molecular weight is 234 g/mol. The van der Waals surface area contributed by atoms with Gasteiger partial charge in [-0.2, -0.15) is 5.10 Å². The molecular formula is C12H18N4O. The minimum Gasteiger partial charge on any atom is -0.396 e. The molecule has 0 spiro atoms. The van der Waals surface area contributed by atoms with Gasteiger partial charge in [0.2, 0.25) is 0 Å². The van der Waals surface area contributed by atoms with Crippen molar-refractivity contribution in [1.29, 1.82) is 0 Å². The van der Waals surface area contributed by atoms with Gasteiger partial charge in [0, 0.05) is 12.6 Å². The minimum atomic E-state index is 0.0226. The molecule has 1 aromatic rings. The van der Waals surface area contributed by atoms with Gasteiger partial charge in [-0.3, -0.25) is 9.89 Å². The van der Waals surface area contributed by atoms with Crippen LogP contribution in [0.25, 0.3) is 0 Å². The molecule has 2 heterocycles. The Morgan fingerprint density at radius 3 is 3.00 bits per heavy atom. The van der Waals surface area contributed by atoms with E-state index in [4.69, 9.17) is 5.73 Å². The summed E-state index contributed by atoms with van der Waals surface area (Å²) in [7, 11) is 0. The number of likely N-dealkylation sites (tertiary alicyclic amines) is 1. The predicted octanol–water partition coefficient (Wildman–Crippen LogP) is 1.40. The fourth-order valence-electron chi connectivity index (χ4n) is 3.27. The zero-order chi connectivity index (χ0) is 11.8. The number of nitrogen functional groups attached to an aromatic ring is 1. The van der Waals surface area contributed by atoms with Crippen molar-refractivity contribution in [2.75, 3.05) is 12.3 Å². The maximum absolute atomic E-state index is 12.4. The zero-order valence-corrected chi connectivity index (χ0v) is 9.85. The SMILES string of the molecule is Nc1cn[nH]c1C(=O)N1CCC2CCCCC21. The Hall–Kier alpha value is -1.52. The van der Waals surface area contributed by atoms with Gasteiger partial charge in [0.05, 0.1) is 11.9 Å². The molecule has 2 aliphatic rings. The lowest BCUT2D eigenvalue weighted by Gasteiger charge is -2.31. The number of H-pyrrole nitrogens is 1. The van der Waals surface area contributed by atoms with Crippen LogP contribution in [-0.4, -0.2) is 33.6 Å². The van der Waals surface area contributed by atoms with E-state index >= 15 is 0 Å². The highest BCUT2D eigenvalue weighted by Crippen LogP contribution is 2.36. The molecule has 2 atom stereocenters. The van der Waals surface area contributed by atoms with E-state index in [1.54, 1.807) is 0 Å². The Labute approximate surface area is 100 Å². The van der Waals surface area contributed by atoms with Crippen LogP contribution in [0.1, 0.15) is 42.6 Å². The Bertz CT molecular complexity index is 428. The Morgan fingerprint density at radius 2 is 2.24 bits per heavy atom. The van der Waals surface area contributed by atoms with Crippen molar-refractivity contribution in [3.05, 3.63) is 11.9 Å². The van der Waals surface area contributed by atoms with E-state index < -0.39 is 0 Å². The smallest absolute Gasteiger partial charge is 0.274 e. The number of anilines is 1. The predicted molar refractivity (Wildman–Crippen MR) is 64.4 cm³/mol. The monoisotopic (exact) mass is 234 g/mol. The molecule has 2 fully saturated rings. The molecule has 3 N–H and O–H groups in total. The van der Waals surface area contributed by atoms with Crippen LogP contribution in [0.2, 0.25) is 0 Å². The molecule has 0 bridgehead atoms. The molecule has 17 heavy (non-hydrogen) atoms. The first-order valence-corrected chi connectivity index (χ1v) is 6.37. The molecule has 1 aromatic heterocycles. The molecule has 0 aromatic carbocycles. The molecule has 1 aliphatic carbocycles. The van der Waals surface area contributed by atoms with E-state index in [9.17, 15) is 4.79 Å². The number of nitrogens with one attached hydrogen (secondary N) is 1. The first-order chi connectivity index (χ1) is 8.27. The highest BCUT2D eigenvalue weighted by Gasteiger charge is 2.39. The first-order valence-electron chi connectivity index (χ1n) is 6.37. The lowest BCUT2D eigenvalue weighted by Crippen LogP contribution is -2.39. The molecule has 1 saturated carbocycles. The maximum Gasteiger partial charge on any atom is 0.274 e. The van der Waals surface area contributed by atoms with Crippen molar-refractivity contribution < 1.29 is 4.79 Å². The highest BCUT2D eigenvalue weighted by atomic mass is 16.2. The van der Waals surface area contributed by atoms with Crippen LogP contribution in [0.3, 0.4) is 0 Å². The number of carbonyl (C=O) groups excluding carboxylic acids is 1. The van der Waals surface area contributed by atoms with Crippen molar-refractivity contribution in [1.82, 2.24) is 15.1 Å². The number of aromatic amines is 1. The summed E-state index contributed by atoms with van der Waals surface area (Å²) in [5.74, 6) is 0.728. The molecule has 1 aliphatic heterocycles. The third-order valence-electron chi connectivity index (χ3n) is 4.15. The molecular weight excluding hydrogens is 216 g/mol. The second kappa shape index (κ2) is 4.05. The summed E-state index contributed by atoms with van der Waals surface area (Å²) in [4.78, 5) is 14.4. The summed E-state index contributed by atoms with van der Waals surface area (Å²) in [6, 6.07) is 0.430. The second-order valence-corrected chi connectivity index (χ2v) is 5.10. The Kier molecular flexibility index (Phi) is 2.53. The van der Waals surface area contributed by atoms with Gasteiger partial charge in [-0.25, -0.2) is 0 Å². The standard InChI is InChI=1S/C12H18N4O/c13-9-7-14-15-11(9)12(17)16-6-5-8-3-1-2-4-10(8)16/h7-8,10H,1-6,13H2,(H,14,15). The third-order valence-corrected chi connectivity index (χ3v) is 4.15. The number of nitrogens with zero attached hydrogens (tertiary/aromatic N) is 2. The molecule has 3 rings (SSSR count). The maximum atomic E-state index is 12.4. The average Bonchev–Trinajstić information content (AvgIpc) is 2.94. The van der Waals surface area contributed by atoms with Crippen LogP contribution in [0, 0.1) is 5.92 Å². The largest absolute Gasteiger partial charge is 0.396 e. The van der Waals surface area contributed by atoms with Crippen LogP contribution in [0.15, 0.2) is 6.20 Å². The van der Waals surface area contributed by atoms with Crippen molar-refractivity contribution in [2.45, 2.75) is 38.1 Å². The van der Waals surface area contributed by atoms with E-state index in [0.717, 1.165) is 19.4 Å². The second-order valence-electron chi connectivity index (χ2n) is 5.10. The normalized spacial score (nSPS) is 28.1. The van der Waals surface area contributed by atoms with E-state index in [0.29, 0.717) is 23.3 Å². The van der Waals surface area contributed by atoms with Crippen molar-refractivity contribution in [3.8, 4) is 0 Å². The summed E-state index contributed by atoms with van der Waals surface area (Å²) < 4.78 is 0. The van der Waals surface area contributed by atoms with Gasteiger partial charge < -0.3 is 10.6 Å². The van der Waals surface area contributed by atoms with Crippen LogP contribution >= 0.6 is 0 Å². The topological polar surface area (TPSA) is 75.0 Å². The number of aromatic nitrogens is 2. The lowest BCUT2D eigenvalue weighted by molar-refractivity contribution is 0.0685. The number of rotatable bonds is 1. The molecule has 2 unspecified atom stereocenters. The van der Waals surface area contributed by atoms with Crippen molar-refractivity contribution >= 4 is 11.6 Å². The quantitative estimate of drug-likeness (QED) is 0.771. The number of hydrogen-bond donors (Lipinski definition) is 2. The van der Waals surface area contributed by atoms with Crippen LogP contribution < -0.4 is 5.73 Å². The van der Waals surface area contributed by atoms with Gasteiger partial charge in [0.1, 0.15) is 5.69 Å². The summed E-state index contributed by atoms with van der Waals surface area (Å²) >= 11 is 0. The van der Waals surface area contributed by atoms with Gasteiger partial charge in [0.15, 0.2) is 0 Å². The molecule has 5 heteroatoms. The fourth-order valence-corrected chi connectivity index (χ4v) is 3.27. The third kappa shape index (κ3) is 1.69. The van der Waals surface area contributed by atoms with Gasteiger partial charge >= 0.3 is 0 Å². The van der Waals surface area contributed by atoms with Crippen molar-refractivity contribution in [2.24, 2.45) is 5.92 Å². The van der Waals surface area contributed by atoms with E-state index in [-0.39, 0.29) is 5.91 Å². The van der Waals surface area contributed by atoms with Crippen LogP contribution in [0.5, 0.6) is 0 Å². The first kappa shape index (κ1) is 10.6. The number of carbonyl (C=O) groups is 1. The van der Waals surface area contributed by atoms with E-state index in [1.807, 2.05) is 4.90 Å². The fraction of sp³-hybridized carbons (Fsp3) is 0.667. The lowest BCUT2D eigenvalue weighted by atomic mass is 9.85. The van der Waals surface area contributed by atoms with Gasteiger partial charge in [-0.05, 0) is 25.2 Å². The van der Waals surface area contributed by atoms with Gasteiger partial charge in [0.25, 0.3) is 5.91 Å². The summed E-state index contributed by atoms with van der Waals surface area (Å²) in [5.41, 5.74) is 6.64. The highest BCUT2D eigenvalue weighted by molar-refractivity contribution is 5.97. The van der Waals surface area contributed by atoms with Crippen molar-refractivity contribution in [3.63, 3.8) is 0 Å². The number of fused-ring (bicyclic) bond motifs is 1.